The second kappa shape index (κ2) is 8.99. The molecule has 1 saturated heterocycles. The van der Waals surface area contributed by atoms with Crippen molar-refractivity contribution in [3.63, 3.8) is 0 Å². The van der Waals surface area contributed by atoms with Crippen LogP contribution in [0.15, 0.2) is 53.1 Å². The zero-order valence-electron chi connectivity index (χ0n) is 16.5. The van der Waals surface area contributed by atoms with Gasteiger partial charge in [-0.2, -0.15) is 0 Å². The molecule has 1 aromatic carbocycles. The molecule has 1 fully saturated rings. The van der Waals surface area contributed by atoms with Gasteiger partial charge >= 0.3 is 0 Å². The largest absolute Gasteiger partial charge is 0.508 e. The minimum Gasteiger partial charge on any atom is -0.508 e. The number of carbonyl (C=O) groups is 2. The summed E-state index contributed by atoms with van der Waals surface area (Å²) < 4.78 is 5.37. The normalized spacial score (nSPS) is 20.2. The molecule has 8 heteroatoms. The van der Waals surface area contributed by atoms with Gasteiger partial charge in [-0.15, -0.1) is 11.3 Å². The molecule has 4 rings (SSSR count). The Hall–Kier alpha value is -2.68. The van der Waals surface area contributed by atoms with Gasteiger partial charge in [0.05, 0.1) is 29.7 Å². The molecule has 2 N–H and O–H groups in total. The number of hydrogen-bond donors (Lipinski definition) is 2. The number of amides is 1. The Morgan fingerprint density at radius 1 is 1.13 bits per heavy atom. The van der Waals surface area contributed by atoms with Crippen LogP contribution in [0.5, 0.6) is 5.75 Å². The number of ketones is 1. The maximum absolute atomic E-state index is 13.1. The minimum atomic E-state index is -0.733. The van der Waals surface area contributed by atoms with Crippen molar-refractivity contribution in [2.24, 2.45) is 0 Å². The molecule has 158 valence electrons. The van der Waals surface area contributed by atoms with E-state index in [2.05, 4.69) is 4.90 Å². The monoisotopic (exact) mass is 428 g/mol. The van der Waals surface area contributed by atoms with Crippen molar-refractivity contribution in [3.8, 4) is 5.75 Å². The SMILES string of the molecule is O=C(C1=C(O)C(=O)N(CCCN2CCOCC2)[C@@H]1c1cccc(O)c1)c1cccs1. The summed E-state index contributed by atoms with van der Waals surface area (Å²) in [5.74, 6) is -1.37. The summed E-state index contributed by atoms with van der Waals surface area (Å²) in [5, 5.41) is 22.4. The molecule has 2 aromatic rings. The molecule has 0 unspecified atom stereocenters. The predicted octanol–water partition coefficient (Wildman–Crippen LogP) is 2.75. The second-order valence-corrected chi connectivity index (χ2v) is 8.32. The molecule has 1 atom stereocenters. The Balaban J connectivity index is 1.60. The van der Waals surface area contributed by atoms with E-state index in [0.29, 0.717) is 36.6 Å². The fourth-order valence-electron chi connectivity index (χ4n) is 3.99. The summed E-state index contributed by atoms with van der Waals surface area (Å²) in [6, 6.07) is 9.20. The van der Waals surface area contributed by atoms with Gasteiger partial charge in [0.2, 0.25) is 5.78 Å². The summed E-state index contributed by atoms with van der Waals surface area (Å²) in [6.07, 6.45) is 0.703. The van der Waals surface area contributed by atoms with E-state index >= 15 is 0 Å². The van der Waals surface area contributed by atoms with E-state index in [-0.39, 0.29) is 17.1 Å². The first-order valence-electron chi connectivity index (χ1n) is 9.97. The third-order valence-corrected chi connectivity index (χ3v) is 6.32. The molecule has 0 radical (unpaired) electrons. The van der Waals surface area contributed by atoms with Crippen LogP contribution in [0.2, 0.25) is 0 Å². The summed E-state index contributed by atoms with van der Waals surface area (Å²) >= 11 is 1.27. The van der Waals surface area contributed by atoms with Gasteiger partial charge in [-0.3, -0.25) is 14.5 Å². The minimum absolute atomic E-state index is 0.0440. The highest BCUT2D eigenvalue weighted by atomic mass is 32.1. The lowest BCUT2D eigenvalue weighted by atomic mass is 9.95. The molecule has 2 aliphatic heterocycles. The zero-order valence-corrected chi connectivity index (χ0v) is 17.3. The highest BCUT2D eigenvalue weighted by Crippen LogP contribution is 2.40. The number of ether oxygens (including phenoxy) is 1. The lowest BCUT2D eigenvalue weighted by molar-refractivity contribution is -0.129. The van der Waals surface area contributed by atoms with Gasteiger partial charge in [0, 0.05) is 26.2 Å². The van der Waals surface area contributed by atoms with Crippen molar-refractivity contribution in [1.82, 2.24) is 9.80 Å². The van der Waals surface area contributed by atoms with E-state index in [0.717, 1.165) is 19.6 Å². The van der Waals surface area contributed by atoms with Gasteiger partial charge in [-0.05, 0) is 35.6 Å². The highest BCUT2D eigenvalue weighted by molar-refractivity contribution is 7.12. The second-order valence-electron chi connectivity index (χ2n) is 7.37. The molecule has 30 heavy (non-hydrogen) atoms. The Kier molecular flexibility index (Phi) is 6.17. The van der Waals surface area contributed by atoms with Crippen molar-refractivity contribution in [2.75, 3.05) is 39.4 Å². The number of phenolic OH excluding ortho intramolecular Hbond substituents is 1. The molecule has 1 aromatic heterocycles. The van der Waals surface area contributed by atoms with Crippen LogP contribution in [-0.4, -0.2) is 71.1 Å². The van der Waals surface area contributed by atoms with Gasteiger partial charge in [0.15, 0.2) is 5.76 Å². The van der Waals surface area contributed by atoms with Crippen LogP contribution in [0.4, 0.5) is 0 Å². The van der Waals surface area contributed by atoms with Crippen LogP contribution in [-0.2, 0) is 9.53 Å². The molecular formula is C22H24N2O5S. The first-order chi connectivity index (χ1) is 14.6. The van der Waals surface area contributed by atoms with Crippen LogP contribution >= 0.6 is 11.3 Å². The van der Waals surface area contributed by atoms with Crippen molar-refractivity contribution in [3.05, 3.63) is 63.6 Å². The van der Waals surface area contributed by atoms with Gasteiger partial charge < -0.3 is 19.8 Å². The molecule has 0 saturated carbocycles. The first-order valence-corrected chi connectivity index (χ1v) is 10.9. The first kappa shape index (κ1) is 20.6. The van der Waals surface area contributed by atoms with Gasteiger partial charge in [0.1, 0.15) is 5.75 Å². The molecule has 0 bridgehead atoms. The number of nitrogens with zero attached hydrogens (tertiary/aromatic N) is 2. The molecule has 0 spiro atoms. The van der Waals surface area contributed by atoms with Crippen LogP contribution in [0.25, 0.3) is 0 Å². The number of hydrogen-bond acceptors (Lipinski definition) is 7. The summed E-state index contributed by atoms with van der Waals surface area (Å²) in [5.41, 5.74) is 0.665. The molecule has 1 amide bonds. The maximum Gasteiger partial charge on any atom is 0.290 e. The van der Waals surface area contributed by atoms with E-state index in [9.17, 15) is 19.8 Å². The fraction of sp³-hybridized carbons (Fsp3) is 0.364. The van der Waals surface area contributed by atoms with E-state index in [1.165, 1.54) is 28.4 Å². The Morgan fingerprint density at radius 3 is 2.63 bits per heavy atom. The molecule has 2 aliphatic rings. The van der Waals surface area contributed by atoms with Crippen LogP contribution in [0, 0.1) is 0 Å². The fourth-order valence-corrected chi connectivity index (χ4v) is 4.67. The van der Waals surface area contributed by atoms with E-state index in [1.54, 1.807) is 29.6 Å². The number of rotatable bonds is 7. The Morgan fingerprint density at radius 2 is 1.93 bits per heavy atom. The number of Topliss-reactive ketones (excluding diaryl/α,β-unsaturated/α-hetero) is 1. The maximum atomic E-state index is 13.1. The molecule has 0 aliphatic carbocycles. The average molecular weight is 429 g/mol. The third-order valence-electron chi connectivity index (χ3n) is 5.46. The van der Waals surface area contributed by atoms with Crippen molar-refractivity contribution in [2.45, 2.75) is 12.5 Å². The lowest BCUT2D eigenvalue weighted by Gasteiger charge is -2.30. The number of aliphatic hydroxyl groups excluding tert-OH is 1. The lowest BCUT2D eigenvalue weighted by Crippen LogP contribution is -2.39. The number of phenols is 1. The standard InChI is InChI=1S/C22H24N2O5S/c25-16-5-1-4-15(14-16)19-18(20(26)17-6-2-13-30-17)21(27)22(28)24(19)8-3-7-23-9-11-29-12-10-23/h1-2,4-6,13-14,19,25,27H,3,7-12H2/t19-/m1/s1. The van der Waals surface area contributed by atoms with Gasteiger partial charge in [0.25, 0.3) is 5.91 Å². The van der Waals surface area contributed by atoms with Crippen LogP contribution < -0.4 is 0 Å². The summed E-state index contributed by atoms with van der Waals surface area (Å²) in [4.78, 5) is 30.3. The van der Waals surface area contributed by atoms with Gasteiger partial charge in [-0.25, -0.2) is 0 Å². The number of thiophene rings is 1. The topological polar surface area (TPSA) is 90.3 Å². The average Bonchev–Trinajstić information content (AvgIpc) is 3.37. The molecule has 7 nitrogen and oxygen atoms in total. The zero-order chi connectivity index (χ0) is 21.1. The van der Waals surface area contributed by atoms with Crippen LogP contribution in [0.3, 0.4) is 0 Å². The van der Waals surface area contributed by atoms with Crippen molar-refractivity contribution < 1.29 is 24.5 Å². The van der Waals surface area contributed by atoms with E-state index in [4.69, 9.17) is 4.74 Å². The van der Waals surface area contributed by atoms with Crippen LogP contribution in [0.1, 0.15) is 27.7 Å². The predicted molar refractivity (Wildman–Crippen MR) is 113 cm³/mol. The smallest absolute Gasteiger partial charge is 0.290 e. The quantitative estimate of drug-likeness (QED) is 0.659. The number of morpholine rings is 1. The van der Waals surface area contributed by atoms with E-state index < -0.39 is 17.7 Å². The summed E-state index contributed by atoms with van der Waals surface area (Å²) in [6.45, 7) is 4.31. The number of carbonyl (C=O) groups excluding carboxylic acids is 2. The number of aromatic hydroxyl groups is 1. The Labute approximate surface area is 178 Å². The van der Waals surface area contributed by atoms with Crippen molar-refractivity contribution >= 4 is 23.0 Å². The highest BCUT2D eigenvalue weighted by Gasteiger charge is 2.43. The number of aliphatic hydroxyl groups is 1. The third kappa shape index (κ3) is 4.12. The molecular weight excluding hydrogens is 404 g/mol. The van der Waals surface area contributed by atoms with Gasteiger partial charge in [-0.1, -0.05) is 18.2 Å². The summed E-state index contributed by atoms with van der Waals surface area (Å²) in [7, 11) is 0. The number of benzene rings is 1. The van der Waals surface area contributed by atoms with Crippen molar-refractivity contribution in [1.29, 1.82) is 0 Å². The molecule has 3 heterocycles. The Bertz CT molecular complexity index is 950. The van der Waals surface area contributed by atoms with E-state index in [1.807, 2.05) is 0 Å².